The van der Waals surface area contributed by atoms with Crippen LogP contribution in [-0.4, -0.2) is 44.7 Å². The van der Waals surface area contributed by atoms with Gasteiger partial charge in [0.1, 0.15) is 0 Å². The van der Waals surface area contributed by atoms with Crippen molar-refractivity contribution in [2.24, 2.45) is 4.99 Å². The number of carbonyl (C=O) groups is 1. The van der Waals surface area contributed by atoms with E-state index in [0.717, 1.165) is 36.4 Å². The third-order valence-electron chi connectivity index (χ3n) is 5.07. The molecule has 2 aromatic rings. The number of furan rings is 1. The van der Waals surface area contributed by atoms with Crippen LogP contribution in [0, 0.1) is 0 Å². The van der Waals surface area contributed by atoms with E-state index < -0.39 is 0 Å². The molecule has 0 spiro atoms. The number of para-hydroxylation sites is 1. The number of guanidine groups is 1. The van der Waals surface area contributed by atoms with E-state index in [1.54, 1.807) is 19.2 Å². The van der Waals surface area contributed by atoms with Gasteiger partial charge in [-0.15, -0.1) is 0 Å². The highest BCUT2D eigenvalue weighted by molar-refractivity contribution is 5.91. The second kappa shape index (κ2) is 11.9. The first-order valence-electron chi connectivity index (χ1n) is 10.9. The predicted molar refractivity (Wildman–Crippen MR) is 120 cm³/mol. The van der Waals surface area contributed by atoms with Crippen LogP contribution in [0.2, 0.25) is 0 Å². The molecule has 8 nitrogen and oxygen atoms in total. The van der Waals surface area contributed by atoms with Crippen LogP contribution in [0.5, 0.6) is 11.5 Å². The number of methoxy groups -OCH3 is 1. The Morgan fingerprint density at radius 3 is 2.65 bits per heavy atom. The van der Waals surface area contributed by atoms with E-state index in [0.29, 0.717) is 31.4 Å². The van der Waals surface area contributed by atoms with Gasteiger partial charge in [0.25, 0.3) is 5.91 Å². The first-order valence-corrected chi connectivity index (χ1v) is 10.9. The molecule has 1 aliphatic rings. The molecule has 1 heterocycles. The van der Waals surface area contributed by atoms with E-state index in [1.165, 1.54) is 19.1 Å². The van der Waals surface area contributed by atoms with E-state index in [4.69, 9.17) is 13.9 Å². The number of rotatable bonds is 10. The van der Waals surface area contributed by atoms with Crippen LogP contribution in [0.4, 0.5) is 0 Å². The zero-order valence-corrected chi connectivity index (χ0v) is 18.3. The summed E-state index contributed by atoms with van der Waals surface area (Å²) in [5.41, 5.74) is 0.981. The van der Waals surface area contributed by atoms with Crippen LogP contribution < -0.4 is 25.4 Å². The Kier molecular flexibility index (Phi) is 8.63. The number of amides is 1. The van der Waals surface area contributed by atoms with E-state index in [-0.39, 0.29) is 12.0 Å². The first kappa shape index (κ1) is 22.5. The minimum absolute atomic E-state index is 0.237. The first-order chi connectivity index (χ1) is 15.2. The van der Waals surface area contributed by atoms with Crippen molar-refractivity contribution < 1.29 is 18.7 Å². The number of hydrogen-bond donors (Lipinski definition) is 3. The fourth-order valence-electron chi connectivity index (χ4n) is 3.51. The molecule has 0 radical (unpaired) electrons. The van der Waals surface area contributed by atoms with Gasteiger partial charge < -0.3 is 29.8 Å². The van der Waals surface area contributed by atoms with Crippen molar-refractivity contribution in [2.75, 3.05) is 26.7 Å². The summed E-state index contributed by atoms with van der Waals surface area (Å²) in [7, 11) is 1.66. The second-order valence-corrected chi connectivity index (χ2v) is 7.33. The van der Waals surface area contributed by atoms with Crippen LogP contribution in [-0.2, 0) is 6.54 Å². The summed E-state index contributed by atoms with van der Waals surface area (Å²) < 4.78 is 16.9. The third-order valence-corrected chi connectivity index (χ3v) is 5.07. The largest absolute Gasteiger partial charge is 0.493 e. The van der Waals surface area contributed by atoms with Crippen LogP contribution in [0.15, 0.2) is 46.0 Å². The average molecular weight is 429 g/mol. The number of ether oxygens (including phenoxy) is 2. The minimum Gasteiger partial charge on any atom is -0.493 e. The molecule has 0 aliphatic heterocycles. The molecule has 1 amide bonds. The Bertz CT molecular complexity index is 845. The zero-order chi connectivity index (χ0) is 21.9. The monoisotopic (exact) mass is 428 g/mol. The normalized spacial score (nSPS) is 14.3. The topological polar surface area (TPSA) is 97.1 Å². The minimum atomic E-state index is -0.237. The SMILES string of the molecule is CCNC(=NCc1cccc(OC)c1OC1CCCC1)NCCNC(=O)c1ccco1. The standard InChI is InChI=1S/C23H32N4O4/c1-3-24-23(26-14-13-25-22(28)20-12-7-15-30-20)27-16-17-8-6-11-19(29-2)21(17)31-18-9-4-5-10-18/h6-8,11-12,15,18H,3-5,9-10,13-14,16H2,1-2H3,(H,25,28)(H2,24,26,27). The van der Waals surface area contributed by atoms with Gasteiger partial charge in [-0.25, -0.2) is 4.99 Å². The lowest BCUT2D eigenvalue weighted by Crippen LogP contribution is -2.41. The van der Waals surface area contributed by atoms with E-state index in [2.05, 4.69) is 20.9 Å². The molecule has 1 aliphatic carbocycles. The number of aliphatic imine (C=N–C) groups is 1. The smallest absolute Gasteiger partial charge is 0.287 e. The second-order valence-electron chi connectivity index (χ2n) is 7.33. The number of nitrogens with one attached hydrogen (secondary N) is 3. The van der Waals surface area contributed by atoms with Crippen LogP contribution in [0.3, 0.4) is 0 Å². The highest BCUT2D eigenvalue weighted by atomic mass is 16.5. The van der Waals surface area contributed by atoms with Crippen molar-refractivity contribution in [1.29, 1.82) is 0 Å². The number of hydrogen-bond acceptors (Lipinski definition) is 5. The Morgan fingerprint density at radius 1 is 1.13 bits per heavy atom. The van der Waals surface area contributed by atoms with Gasteiger partial charge in [0, 0.05) is 25.2 Å². The summed E-state index contributed by atoms with van der Waals surface area (Å²) in [6.45, 7) is 4.17. The van der Waals surface area contributed by atoms with E-state index in [9.17, 15) is 4.79 Å². The van der Waals surface area contributed by atoms with Crippen molar-refractivity contribution in [2.45, 2.75) is 45.3 Å². The van der Waals surface area contributed by atoms with Crippen molar-refractivity contribution in [3.8, 4) is 11.5 Å². The van der Waals surface area contributed by atoms with Gasteiger partial charge in [-0.05, 0) is 50.8 Å². The summed E-state index contributed by atoms with van der Waals surface area (Å²) in [6.07, 6.45) is 6.29. The van der Waals surface area contributed by atoms with E-state index >= 15 is 0 Å². The highest BCUT2D eigenvalue weighted by Gasteiger charge is 2.20. The highest BCUT2D eigenvalue weighted by Crippen LogP contribution is 2.35. The van der Waals surface area contributed by atoms with Gasteiger partial charge in [-0.2, -0.15) is 0 Å². The molecule has 8 heteroatoms. The van der Waals surface area contributed by atoms with Gasteiger partial charge >= 0.3 is 0 Å². The summed E-state index contributed by atoms with van der Waals surface area (Å²) in [6, 6.07) is 9.21. The van der Waals surface area contributed by atoms with Crippen molar-refractivity contribution in [3.05, 3.63) is 47.9 Å². The lowest BCUT2D eigenvalue weighted by atomic mass is 10.1. The molecule has 1 aromatic heterocycles. The fraction of sp³-hybridized carbons (Fsp3) is 0.478. The Hall–Kier alpha value is -3.16. The Labute approximate surface area is 183 Å². The molecule has 3 rings (SSSR count). The molecular formula is C23H32N4O4. The molecule has 0 unspecified atom stereocenters. The van der Waals surface area contributed by atoms with Gasteiger partial charge in [0.05, 0.1) is 26.0 Å². The van der Waals surface area contributed by atoms with Gasteiger partial charge in [-0.1, -0.05) is 12.1 Å². The summed E-state index contributed by atoms with van der Waals surface area (Å²) in [5.74, 6) is 2.25. The predicted octanol–water partition coefficient (Wildman–Crippen LogP) is 3.09. The third kappa shape index (κ3) is 6.67. The lowest BCUT2D eigenvalue weighted by molar-refractivity contribution is 0.0926. The van der Waals surface area contributed by atoms with E-state index in [1.807, 2.05) is 25.1 Å². The van der Waals surface area contributed by atoms with Gasteiger partial charge in [0.15, 0.2) is 23.2 Å². The molecule has 0 bridgehead atoms. The maximum absolute atomic E-state index is 11.9. The van der Waals surface area contributed by atoms with Gasteiger partial charge in [-0.3, -0.25) is 4.79 Å². The molecule has 1 saturated carbocycles. The molecule has 1 aromatic carbocycles. The summed E-state index contributed by atoms with van der Waals surface area (Å²) in [4.78, 5) is 16.6. The maximum Gasteiger partial charge on any atom is 0.287 e. The molecular weight excluding hydrogens is 396 g/mol. The number of carbonyl (C=O) groups excluding carboxylic acids is 1. The maximum atomic E-state index is 11.9. The number of benzene rings is 1. The van der Waals surface area contributed by atoms with Crippen LogP contribution in [0.1, 0.15) is 48.7 Å². The number of nitrogens with zero attached hydrogens (tertiary/aromatic N) is 1. The molecule has 0 atom stereocenters. The Morgan fingerprint density at radius 2 is 1.94 bits per heavy atom. The molecule has 0 saturated heterocycles. The molecule has 1 fully saturated rings. The lowest BCUT2D eigenvalue weighted by Gasteiger charge is -2.19. The van der Waals surface area contributed by atoms with Crippen molar-refractivity contribution in [3.63, 3.8) is 0 Å². The van der Waals surface area contributed by atoms with Gasteiger partial charge in [0.2, 0.25) is 0 Å². The van der Waals surface area contributed by atoms with Crippen molar-refractivity contribution >= 4 is 11.9 Å². The zero-order valence-electron chi connectivity index (χ0n) is 18.3. The summed E-state index contributed by atoms with van der Waals surface area (Å²) >= 11 is 0. The quantitative estimate of drug-likeness (QED) is 0.306. The Balaban J connectivity index is 1.58. The van der Waals surface area contributed by atoms with Crippen LogP contribution in [0.25, 0.3) is 0 Å². The van der Waals surface area contributed by atoms with Crippen molar-refractivity contribution in [1.82, 2.24) is 16.0 Å². The average Bonchev–Trinajstić information content (AvgIpc) is 3.50. The van der Waals surface area contributed by atoms with Crippen LogP contribution >= 0.6 is 0 Å². The molecule has 31 heavy (non-hydrogen) atoms. The summed E-state index contributed by atoms with van der Waals surface area (Å²) in [5, 5.41) is 9.27. The molecule has 168 valence electrons. The molecule has 3 N–H and O–H groups in total. The fourth-order valence-corrected chi connectivity index (χ4v) is 3.51.